The van der Waals surface area contributed by atoms with Gasteiger partial charge in [-0.2, -0.15) is 5.10 Å². The van der Waals surface area contributed by atoms with Crippen molar-refractivity contribution in [3.05, 3.63) is 30.2 Å². The molecule has 7 heteroatoms. The van der Waals surface area contributed by atoms with Gasteiger partial charge in [-0.15, -0.1) is 0 Å². The maximum atomic E-state index is 5.77. The maximum absolute atomic E-state index is 5.77. The number of aryl methyl sites for hydroxylation is 2. The summed E-state index contributed by atoms with van der Waals surface area (Å²) in [7, 11) is 1.91. The van der Waals surface area contributed by atoms with Crippen LogP contribution in [0.15, 0.2) is 24.5 Å². The van der Waals surface area contributed by atoms with E-state index < -0.39 is 0 Å². The molecule has 110 valence electrons. The maximum Gasteiger partial charge on any atom is 0.185 e. The smallest absolute Gasteiger partial charge is 0.185 e. The van der Waals surface area contributed by atoms with E-state index >= 15 is 0 Å². The second kappa shape index (κ2) is 5.69. The van der Waals surface area contributed by atoms with Crippen molar-refractivity contribution in [1.29, 1.82) is 0 Å². The van der Waals surface area contributed by atoms with Crippen LogP contribution in [0.25, 0.3) is 10.3 Å². The molecule has 1 N–H and O–H groups in total. The SMILES string of the molecule is Cc1nn(C)c2nc(NC[C@@H](C)Oc3cccnc3)sc12. The zero-order valence-electron chi connectivity index (χ0n) is 12.2. The molecule has 0 unspecified atom stereocenters. The van der Waals surface area contributed by atoms with E-state index in [2.05, 4.69) is 20.4 Å². The predicted molar refractivity (Wildman–Crippen MR) is 83.9 cm³/mol. The number of anilines is 1. The first-order valence-corrected chi connectivity index (χ1v) is 7.56. The molecule has 0 aliphatic rings. The molecule has 0 fully saturated rings. The van der Waals surface area contributed by atoms with Crippen LogP contribution < -0.4 is 10.1 Å². The lowest BCUT2D eigenvalue weighted by atomic mass is 10.4. The van der Waals surface area contributed by atoms with Gasteiger partial charge < -0.3 is 10.1 Å². The fraction of sp³-hybridized carbons (Fsp3) is 0.357. The van der Waals surface area contributed by atoms with E-state index in [1.54, 1.807) is 23.7 Å². The van der Waals surface area contributed by atoms with Gasteiger partial charge in [0.25, 0.3) is 0 Å². The van der Waals surface area contributed by atoms with Crippen molar-refractivity contribution in [3.8, 4) is 5.75 Å². The van der Waals surface area contributed by atoms with Gasteiger partial charge in [-0.3, -0.25) is 4.98 Å². The normalized spacial score (nSPS) is 12.5. The molecule has 6 nitrogen and oxygen atoms in total. The first kappa shape index (κ1) is 13.8. The Morgan fingerprint density at radius 1 is 1.48 bits per heavy atom. The topological polar surface area (TPSA) is 64.9 Å². The lowest BCUT2D eigenvalue weighted by molar-refractivity contribution is 0.234. The highest BCUT2D eigenvalue weighted by molar-refractivity contribution is 7.22. The Morgan fingerprint density at radius 3 is 3.05 bits per heavy atom. The average molecular weight is 303 g/mol. The average Bonchev–Trinajstić information content (AvgIpc) is 3.00. The monoisotopic (exact) mass is 303 g/mol. The number of fused-ring (bicyclic) bond motifs is 1. The summed E-state index contributed by atoms with van der Waals surface area (Å²) in [5, 5.41) is 8.55. The molecule has 0 aromatic carbocycles. The minimum Gasteiger partial charge on any atom is -0.487 e. The molecule has 0 radical (unpaired) electrons. The third-order valence-electron chi connectivity index (χ3n) is 3.06. The number of nitrogens with zero attached hydrogens (tertiary/aromatic N) is 4. The second-order valence-corrected chi connectivity index (χ2v) is 5.88. The third-order valence-corrected chi connectivity index (χ3v) is 4.17. The summed E-state index contributed by atoms with van der Waals surface area (Å²) in [6.45, 7) is 4.69. The number of pyridine rings is 1. The summed E-state index contributed by atoms with van der Waals surface area (Å²) in [5.74, 6) is 0.774. The van der Waals surface area contributed by atoms with Gasteiger partial charge in [-0.25, -0.2) is 9.67 Å². The number of rotatable bonds is 5. The molecule has 3 aromatic heterocycles. The molecule has 3 heterocycles. The van der Waals surface area contributed by atoms with Gasteiger partial charge in [-0.1, -0.05) is 11.3 Å². The van der Waals surface area contributed by atoms with Crippen molar-refractivity contribution in [2.45, 2.75) is 20.0 Å². The summed E-state index contributed by atoms with van der Waals surface area (Å²) < 4.78 is 8.71. The summed E-state index contributed by atoms with van der Waals surface area (Å²) >= 11 is 1.62. The van der Waals surface area contributed by atoms with Crippen LogP contribution in [0.2, 0.25) is 0 Å². The number of ether oxygens (including phenoxy) is 1. The van der Waals surface area contributed by atoms with E-state index in [9.17, 15) is 0 Å². The molecule has 0 amide bonds. The van der Waals surface area contributed by atoms with Crippen LogP contribution in [0, 0.1) is 6.92 Å². The van der Waals surface area contributed by atoms with Gasteiger partial charge in [-0.05, 0) is 26.0 Å². The van der Waals surface area contributed by atoms with Gasteiger partial charge >= 0.3 is 0 Å². The van der Waals surface area contributed by atoms with Gasteiger partial charge in [0.15, 0.2) is 10.8 Å². The first-order chi connectivity index (χ1) is 10.1. The molecule has 0 aliphatic heterocycles. The van der Waals surface area contributed by atoms with Crippen LogP contribution in [0.3, 0.4) is 0 Å². The molecule has 0 saturated heterocycles. The van der Waals surface area contributed by atoms with Crippen LogP contribution in [-0.4, -0.2) is 32.4 Å². The molecule has 0 saturated carbocycles. The minimum atomic E-state index is 0.0282. The molecule has 3 aromatic rings. The third kappa shape index (κ3) is 2.97. The molecule has 1 atom stereocenters. The van der Waals surface area contributed by atoms with Crippen molar-refractivity contribution >= 4 is 26.8 Å². The van der Waals surface area contributed by atoms with Crippen LogP contribution >= 0.6 is 11.3 Å². The van der Waals surface area contributed by atoms with E-state index in [0.717, 1.165) is 26.9 Å². The van der Waals surface area contributed by atoms with Gasteiger partial charge in [0.05, 0.1) is 23.1 Å². The zero-order chi connectivity index (χ0) is 14.8. The van der Waals surface area contributed by atoms with E-state index in [4.69, 9.17) is 4.74 Å². The number of hydrogen-bond acceptors (Lipinski definition) is 6. The Kier molecular flexibility index (Phi) is 3.74. The van der Waals surface area contributed by atoms with E-state index in [1.165, 1.54) is 0 Å². The fourth-order valence-corrected chi connectivity index (χ4v) is 3.02. The van der Waals surface area contributed by atoms with Crippen LogP contribution in [0.1, 0.15) is 12.6 Å². The van der Waals surface area contributed by atoms with Gasteiger partial charge in [0.1, 0.15) is 11.9 Å². The summed E-state index contributed by atoms with van der Waals surface area (Å²) in [6, 6.07) is 3.76. The Morgan fingerprint density at radius 2 is 2.33 bits per heavy atom. The lowest BCUT2D eigenvalue weighted by Gasteiger charge is -2.14. The van der Waals surface area contributed by atoms with Crippen molar-refractivity contribution < 1.29 is 4.74 Å². The molecule has 21 heavy (non-hydrogen) atoms. The lowest BCUT2D eigenvalue weighted by Crippen LogP contribution is -2.22. The zero-order valence-corrected chi connectivity index (χ0v) is 13.0. The Bertz CT molecular complexity index is 702. The molecule has 0 bridgehead atoms. The highest BCUT2D eigenvalue weighted by Crippen LogP contribution is 2.28. The fourth-order valence-electron chi connectivity index (χ4n) is 2.08. The first-order valence-electron chi connectivity index (χ1n) is 6.74. The molecule has 0 aliphatic carbocycles. The molecule has 3 rings (SSSR count). The van der Waals surface area contributed by atoms with Crippen molar-refractivity contribution in [1.82, 2.24) is 19.7 Å². The van der Waals surface area contributed by atoms with Crippen LogP contribution in [-0.2, 0) is 7.05 Å². The second-order valence-electron chi connectivity index (χ2n) is 4.88. The van der Waals surface area contributed by atoms with Crippen LogP contribution in [0.5, 0.6) is 5.75 Å². The standard InChI is InChI=1S/C14H17N5OS/c1-9(20-11-5-4-6-15-8-11)7-16-14-17-13-12(21-14)10(2)18-19(13)3/h4-6,8-9H,7H2,1-3H3,(H,16,17)/t9-/m1/s1. The highest BCUT2D eigenvalue weighted by Gasteiger charge is 2.12. The van der Waals surface area contributed by atoms with E-state index in [0.29, 0.717) is 6.54 Å². The van der Waals surface area contributed by atoms with E-state index in [-0.39, 0.29) is 6.10 Å². The predicted octanol–water partition coefficient (Wildman–Crippen LogP) is 2.61. The largest absolute Gasteiger partial charge is 0.487 e. The number of aromatic nitrogens is 4. The highest BCUT2D eigenvalue weighted by atomic mass is 32.1. The van der Waals surface area contributed by atoms with E-state index in [1.807, 2.05) is 37.7 Å². The molecular weight excluding hydrogens is 286 g/mol. The number of hydrogen-bond donors (Lipinski definition) is 1. The van der Waals surface area contributed by atoms with Crippen molar-refractivity contribution in [3.63, 3.8) is 0 Å². The number of nitrogens with one attached hydrogen (secondary N) is 1. The Labute approximate surface area is 126 Å². The molecule has 0 spiro atoms. The summed E-state index contributed by atoms with van der Waals surface area (Å²) in [6.07, 6.45) is 3.47. The van der Waals surface area contributed by atoms with Gasteiger partial charge in [0.2, 0.25) is 0 Å². The van der Waals surface area contributed by atoms with Crippen molar-refractivity contribution in [2.24, 2.45) is 7.05 Å². The summed E-state index contributed by atoms with van der Waals surface area (Å²) in [4.78, 5) is 8.58. The van der Waals surface area contributed by atoms with Crippen LogP contribution in [0.4, 0.5) is 5.13 Å². The molecular formula is C14H17N5OS. The number of thiazole rings is 1. The minimum absolute atomic E-state index is 0.0282. The summed E-state index contributed by atoms with van der Waals surface area (Å²) in [5.41, 5.74) is 1.93. The quantitative estimate of drug-likeness (QED) is 0.785. The van der Waals surface area contributed by atoms with Crippen molar-refractivity contribution in [2.75, 3.05) is 11.9 Å². The van der Waals surface area contributed by atoms with Gasteiger partial charge in [0, 0.05) is 13.2 Å². The Balaban J connectivity index is 1.62. The Hall–Kier alpha value is -2.15.